The Hall–Kier alpha value is -1.47. The maximum atomic E-state index is 11.7. The fraction of sp³-hybridized carbons (Fsp3) is 0.542. The Labute approximate surface area is 190 Å². The average Bonchev–Trinajstić information content (AvgIpc) is 3.10. The first-order chi connectivity index (χ1) is 14.6. The Morgan fingerprint density at radius 1 is 1.19 bits per heavy atom. The van der Waals surface area contributed by atoms with Crippen molar-refractivity contribution in [1.82, 2.24) is 9.88 Å². The van der Waals surface area contributed by atoms with Crippen molar-refractivity contribution in [1.29, 1.82) is 0 Å². The normalized spacial score (nSPS) is 26.0. The summed E-state index contributed by atoms with van der Waals surface area (Å²) in [5.41, 5.74) is 2.45. The molecule has 2 aliphatic heterocycles. The van der Waals surface area contributed by atoms with Gasteiger partial charge in [0.25, 0.3) is 0 Å². The first kappa shape index (κ1) is 22.7. The number of aromatic nitrogens is 1. The predicted octanol–water partition coefficient (Wildman–Crippen LogP) is 4.39. The number of hydrogen-bond donors (Lipinski definition) is 0. The van der Waals surface area contributed by atoms with Crippen molar-refractivity contribution in [3.63, 3.8) is 0 Å². The van der Waals surface area contributed by atoms with Crippen LogP contribution in [0.2, 0.25) is 5.02 Å². The molecule has 0 aliphatic carbocycles. The second-order valence-corrected chi connectivity index (χ2v) is 12.3. The molecule has 0 saturated carbocycles. The van der Waals surface area contributed by atoms with Crippen LogP contribution >= 0.6 is 11.6 Å². The summed E-state index contributed by atoms with van der Waals surface area (Å²) in [7, 11) is -3.22. The van der Waals surface area contributed by atoms with E-state index in [1.54, 1.807) is 6.07 Å². The van der Waals surface area contributed by atoms with Crippen molar-refractivity contribution >= 4 is 21.4 Å². The summed E-state index contributed by atoms with van der Waals surface area (Å²) < 4.78 is 29.6. The predicted molar refractivity (Wildman–Crippen MR) is 123 cm³/mol. The van der Waals surface area contributed by atoms with E-state index in [2.05, 4.69) is 35.9 Å². The quantitative estimate of drug-likeness (QED) is 0.610. The third-order valence-electron chi connectivity index (χ3n) is 6.78. The van der Waals surface area contributed by atoms with Crippen LogP contribution in [0.15, 0.2) is 47.5 Å². The molecular formula is C24H31ClN2O3S. The summed E-state index contributed by atoms with van der Waals surface area (Å²) in [4.78, 5) is 7.21. The second kappa shape index (κ2) is 8.47. The molecule has 2 atom stereocenters. The second-order valence-electron chi connectivity index (χ2n) is 9.89. The van der Waals surface area contributed by atoms with E-state index in [0.717, 1.165) is 56.2 Å². The Morgan fingerprint density at radius 3 is 2.48 bits per heavy atom. The van der Waals surface area contributed by atoms with Crippen molar-refractivity contribution in [2.24, 2.45) is 10.8 Å². The smallest absolute Gasteiger partial charge is 0.177 e. The lowest BCUT2D eigenvalue weighted by atomic mass is 9.64. The van der Waals surface area contributed by atoms with E-state index in [4.69, 9.17) is 16.3 Å². The van der Waals surface area contributed by atoms with Gasteiger partial charge in [0.1, 0.15) is 0 Å². The van der Waals surface area contributed by atoms with Crippen LogP contribution in [0.1, 0.15) is 37.9 Å². The number of benzene rings is 1. The van der Waals surface area contributed by atoms with E-state index in [1.807, 2.05) is 18.2 Å². The molecule has 2 saturated heterocycles. The van der Waals surface area contributed by atoms with Crippen LogP contribution in [0.4, 0.5) is 0 Å². The van der Waals surface area contributed by atoms with Gasteiger partial charge in [-0.1, -0.05) is 37.6 Å². The van der Waals surface area contributed by atoms with Crippen LogP contribution in [0.3, 0.4) is 0 Å². The van der Waals surface area contributed by atoms with Crippen molar-refractivity contribution in [3.8, 4) is 0 Å². The molecule has 3 heterocycles. The minimum absolute atomic E-state index is 0.0748. The Morgan fingerprint density at radius 2 is 1.94 bits per heavy atom. The fourth-order valence-electron chi connectivity index (χ4n) is 5.18. The molecule has 2 aromatic rings. The van der Waals surface area contributed by atoms with Crippen molar-refractivity contribution in [2.75, 3.05) is 26.0 Å². The van der Waals surface area contributed by atoms with Gasteiger partial charge in [-0.05, 0) is 55.6 Å². The SMILES string of the molecule is CC1(C)COC1[C@]1(CCc2ccc(S(C)(=O)=O)cn2)CCN(Cc2ccc(Cl)cc2)C1. The van der Waals surface area contributed by atoms with E-state index in [0.29, 0.717) is 0 Å². The van der Waals surface area contributed by atoms with E-state index in [-0.39, 0.29) is 21.8 Å². The number of halogens is 1. The van der Waals surface area contributed by atoms with Gasteiger partial charge in [0, 0.05) is 47.1 Å². The third-order valence-corrected chi connectivity index (χ3v) is 8.13. The summed E-state index contributed by atoms with van der Waals surface area (Å²) in [6.45, 7) is 8.34. The van der Waals surface area contributed by atoms with E-state index in [1.165, 1.54) is 18.0 Å². The van der Waals surface area contributed by atoms with Crippen molar-refractivity contribution in [2.45, 2.75) is 50.7 Å². The van der Waals surface area contributed by atoms with Crippen LogP contribution < -0.4 is 0 Å². The zero-order chi connectivity index (χ0) is 22.3. The molecule has 0 bridgehead atoms. The number of hydrogen-bond acceptors (Lipinski definition) is 5. The van der Waals surface area contributed by atoms with Gasteiger partial charge in [-0.2, -0.15) is 0 Å². The zero-order valence-electron chi connectivity index (χ0n) is 18.5. The topological polar surface area (TPSA) is 59.5 Å². The zero-order valence-corrected chi connectivity index (χ0v) is 20.0. The van der Waals surface area contributed by atoms with Gasteiger partial charge in [0.05, 0.1) is 17.6 Å². The number of aryl methyl sites for hydroxylation is 1. The van der Waals surface area contributed by atoms with Gasteiger partial charge in [-0.15, -0.1) is 0 Å². The molecule has 2 aliphatic rings. The molecule has 2 fully saturated rings. The number of rotatable bonds is 7. The van der Waals surface area contributed by atoms with Crippen LogP contribution in [0.25, 0.3) is 0 Å². The molecular weight excluding hydrogens is 432 g/mol. The lowest BCUT2D eigenvalue weighted by Gasteiger charge is -2.53. The summed E-state index contributed by atoms with van der Waals surface area (Å²) in [5.74, 6) is 0. The molecule has 0 N–H and O–H groups in total. The highest BCUT2D eigenvalue weighted by molar-refractivity contribution is 7.90. The van der Waals surface area contributed by atoms with E-state index in [9.17, 15) is 8.42 Å². The Balaban J connectivity index is 1.48. The van der Waals surface area contributed by atoms with Gasteiger partial charge in [-0.3, -0.25) is 9.88 Å². The lowest BCUT2D eigenvalue weighted by Crippen LogP contribution is -2.58. The molecule has 5 nitrogen and oxygen atoms in total. The molecule has 1 aromatic carbocycles. The summed E-state index contributed by atoms with van der Waals surface area (Å²) in [5, 5.41) is 0.763. The number of ether oxygens (including phenoxy) is 1. The summed E-state index contributed by atoms with van der Waals surface area (Å²) in [6, 6.07) is 11.6. The highest BCUT2D eigenvalue weighted by Gasteiger charge is 2.55. The van der Waals surface area contributed by atoms with Gasteiger partial charge in [-0.25, -0.2) is 8.42 Å². The summed E-state index contributed by atoms with van der Waals surface area (Å²) >= 11 is 6.04. The summed E-state index contributed by atoms with van der Waals surface area (Å²) in [6.07, 6.45) is 5.80. The van der Waals surface area contributed by atoms with Gasteiger partial charge in [0.2, 0.25) is 0 Å². The highest BCUT2D eigenvalue weighted by Crippen LogP contribution is 2.51. The third kappa shape index (κ3) is 4.98. The number of nitrogens with zero attached hydrogens (tertiary/aromatic N) is 2. The lowest BCUT2D eigenvalue weighted by molar-refractivity contribution is -0.223. The van der Waals surface area contributed by atoms with Gasteiger partial charge < -0.3 is 4.74 Å². The average molecular weight is 463 g/mol. The van der Waals surface area contributed by atoms with Crippen molar-refractivity contribution < 1.29 is 13.2 Å². The molecule has 7 heteroatoms. The number of likely N-dealkylation sites (tertiary alicyclic amines) is 1. The first-order valence-electron chi connectivity index (χ1n) is 10.8. The van der Waals surface area contributed by atoms with Gasteiger partial charge in [0.15, 0.2) is 9.84 Å². The molecule has 0 amide bonds. The molecule has 0 radical (unpaired) electrons. The van der Waals surface area contributed by atoms with Crippen LogP contribution in [0.5, 0.6) is 0 Å². The number of sulfone groups is 1. The monoisotopic (exact) mass is 462 g/mol. The van der Waals surface area contributed by atoms with E-state index >= 15 is 0 Å². The van der Waals surface area contributed by atoms with E-state index < -0.39 is 9.84 Å². The minimum Gasteiger partial charge on any atom is -0.376 e. The molecule has 4 rings (SSSR count). The fourth-order valence-corrected chi connectivity index (χ4v) is 5.86. The van der Waals surface area contributed by atoms with Crippen molar-refractivity contribution in [3.05, 3.63) is 58.9 Å². The van der Waals surface area contributed by atoms with Crippen LogP contribution in [0, 0.1) is 10.8 Å². The van der Waals surface area contributed by atoms with Gasteiger partial charge >= 0.3 is 0 Å². The molecule has 0 spiro atoms. The molecule has 1 aromatic heterocycles. The van der Waals surface area contributed by atoms with Crippen LogP contribution in [-0.4, -0.2) is 50.4 Å². The Bertz CT molecular complexity index is 1020. The maximum absolute atomic E-state index is 11.7. The molecule has 168 valence electrons. The maximum Gasteiger partial charge on any atom is 0.177 e. The number of pyridine rings is 1. The Kier molecular flexibility index (Phi) is 6.21. The first-order valence-corrected chi connectivity index (χ1v) is 13.1. The highest BCUT2D eigenvalue weighted by atomic mass is 35.5. The largest absolute Gasteiger partial charge is 0.376 e. The minimum atomic E-state index is -3.22. The standard InChI is InChI=1S/C24H31ClN2O3S/c1-23(2)17-30-22(23)24(11-10-20-8-9-21(14-26-20)31(3,28)29)12-13-27(16-24)15-18-4-6-19(25)7-5-18/h4-9,14,22H,10-13,15-17H2,1-3H3/t22?,24-/m1/s1. The molecule has 31 heavy (non-hydrogen) atoms. The van der Waals surface area contributed by atoms with Crippen LogP contribution in [-0.2, 0) is 27.5 Å². The molecule has 1 unspecified atom stereocenters.